The number of aryl methyl sites for hydroxylation is 2. The largest absolute Gasteiger partial charge is 0.508 e. The second-order valence-electron chi connectivity index (χ2n) is 7.44. The van der Waals surface area contributed by atoms with Crippen molar-refractivity contribution < 1.29 is 10.2 Å². The molecule has 3 N–H and O–H groups in total. The van der Waals surface area contributed by atoms with Gasteiger partial charge >= 0.3 is 0 Å². The number of hydrogen-bond donors (Lipinski definition) is 3. The number of hydrogen-bond acceptors (Lipinski definition) is 5. The lowest BCUT2D eigenvalue weighted by Crippen LogP contribution is -2.45. The molecular formula is C19H28N4O2. The van der Waals surface area contributed by atoms with E-state index < -0.39 is 11.6 Å². The van der Waals surface area contributed by atoms with Crippen molar-refractivity contribution in [2.45, 2.75) is 64.6 Å². The number of aromatic amines is 1. The molecule has 3 atom stereocenters. The van der Waals surface area contributed by atoms with Gasteiger partial charge in [-0.15, -0.1) is 0 Å². The highest BCUT2D eigenvalue weighted by atomic mass is 16.3. The molecule has 0 saturated carbocycles. The van der Waals surface area contributed by atoms with Crippen molar-refractivity contribution in [2.24, 2.45) is 4.99 Å². The first-order valence-electron chi connectivity index (χ1n) is 8.91. The zero-order valence-electron chi connectivity index (χ0n) is 15.5. The Labute approximate surface area is 149 Å². The van der Waals surface area contributed by atoms with Crippen LogP contribution in [0.15, 0.2) is 28.5 Å². The van der Waals surface area contributed by atoms with Gasteiger partial charge in [-0.3, -0.25) is 10.1 Å². The van der Waals surface area contributed by atoms with E-state index in [2.05, 4.69) is 22.0 Å². The molecule has 1 aliphatic carbocycles. The van der Waals surface area contributed by atoms with E-state index in [1.807, 2.05) is 39.3 Å². The van der Waals surface area contributed by atoms with Crippen LogP contribution >= 0.6 is 0 Å². The molecule has 1 aromatic rings. The van der Waals surface area contributed by atoms with E-state index in [0.717, 1.165) is 29.8 Å². The van der Waals surface area contributed by atoms with Gasteiger partial charge in [0.2, 0.25) is 0 Å². The van der Waals surface area contributed by atoms with Crippen LogP contribution in [-0.4, -0.2) is 50.3 Å². The summed E-state index contributed by atoms with van der Waals surface area (Å²) in [5.41, 5.74) is 3.81. The number of aromatic nitrogens is 2. The third-order valence-electron chi connectivity index (χ3n) is 5.28. The predicted molar refractivity (Wildman–Crippen MR) is 98.7 cm³/mol. The Morgan fingerprint density at radius 1 is 1.44 bits per heavy atom. The molecule has 25 heavy (non-hydrogen) atoms. The Hall–Kier alpha value is -2.08. The summed E-state index contributed by atoms with van der Waals surface area (Å²) < 4.78 is 0. The quantitative estimate of drug-likeness (QED) is 0.767. The van der Waals surface area contributed by atoms with E-state index in [1.54, 1.807) is 0 Å². The molecule has 3 unspecified atom stereocenters. The van der Waals surface area contributed by atoms with E-state index >= 15 is 0 Å². The lowest BCUT2D eigenvalue weighted by atomic mass is 9.81. The first-order chi connectivity index (χ1) is 11.8. The summed E-state index contributed by atoms with van der Waals surface area (Å²) >= 11 is 0. The van der Waals surface area contributed by atoms with Crippen molar-refractivity contribution in [3.8, 4) is 0 Å². The number of allylic oxidation sites excluding steroid dienone is 2. The summed E-state index contributed by atoms with van der Waals surface area (Å²) in [5.74, 6) is 0.341. The van der Waals surface area contributed by atoms with Gasteiger partial charge < -0.3 is 15.1 Å². The Morgan fingerprint density at radius 2 is 2.20 bits per heavy atom. The summed E-state index contributed by atoms with van der Waals surface area (Å²) in [5, 5.41) is 27.2. The van der Waals surface area contributed by atoms with Crippen LogP contribution in [0, 0.1) is 13.8 Å². The van der Waals surface area contributed by atoms with Crippen molar-refractivity contribution in [2.75, 3.05) is 6.54 Å². The normalized spacial score (nSPS) is 27.4. The molecule has 6 nitrogen and oxygen atoms in total. The van der Waals surface area contributed by atoms with Crippen LogP contribution in [0.3, 0.4) is 0 Å². The van der Waals surface area contributed by atoms with E-state index in [4.69, 9.17) is 4.99 Å². The molecule has 2 heterocycles. The highest BCUT2D eigenvalue weighted by Crippen LogP contribution is 2.41. The Kier molecular flexibility index (Phi) is 4.73. The summed E-state index contributed by atoms with van der Waals surface area (Å²) in [6.45, 7) is 8.66. The topological polar surface area (TPSA) is 84.7 Å². The third-order valence-corrected chi connectivity index (χ3v) is 5.28. The van der Waals surface area contributed by atoms with E-state index in [-0.39, 0.29) is 6.04 Å². The molecule has 0 aromatic carbocycles. The van der Waals surface area contributed by atoms with Crippen molar-refractivity contribution in [3.63, 3.8) is 0 Å². The van der Waals surface area contributed by atoms with Crippen LogP contribution in [0.2, 0.25) is 0 Å². The number of H-pyrrole nitrogens is 1. The maximum atomic E-state index is 10.1. The van der Waals surface area contributed by atoms with Gasteiger partial charge in [-0.05, 0) is 64.7 Å². The molecule has 1 aromatic heterocycles. The molecule has 6 heteroatoms. The summed E-state index contributed by atoms with van der Waals surface area (Å²) in [6.07, 6.45) is 7.59. The summed E-state index contributed by atoms with van der Waals surface area (Å²) in [6, 6.07) is 0.0384. The van der Waals surface area contributed by atoms with Crippen molar-refractivity contribution >= 4 is 6.34 Å². The van der Waals surface area contributed by atoms with Crippen molar-refractivity contribution in [3.05, 3.63) is 40.4 Å². The van der Waals surface area contributed by atoms with Gasteiger partial charge in [-0.2, -0.15) is 5.10 Å². The van der Waals surface area contributed by atoms with E-state index in [9.17, 15) is 10.2 Å². The molecule has 3 rings (SSSR count). The summed E-state index contributed by atoms with van der Waals surface area (Å²) in [4.78, 5) is 7.06. The lowest BCUT2D eigenvalue weighted by Gasteiger charge is -2.36. The highest BCUT2D eigenvalue weighted by molar-refractivity contribution is 5.62. The predicted octanol–water partition coefficient (Wildman–Crippen LogP) is 2.89. The van der Waals surface area contributed by atoms with Crippen LogP contribution in [0.5, 0.6) is 0 Å². The molecule has 0 fully saturated rings. The highest BCUT2D eigenvalue weighted by Gasteiger charge is 2.45. The molecule has 136 valence electrons. The minimum atomic E-state index is -0.453. The minimum absolute atomic E-state index is 0.0384. The fraction of sp³-hybridized carbons (Fsp3) is 0.579. The Morgan fingerprint density at radius 3 is 2.80 bits per heavy atom. The second kappa shape index (κ2) is 6.67. The van der Waals surface area contributed by atoms with Crippen LogP contribution < -0.4 is 0 Å². The lowest BCUT2D eigenvalue weighted by molar-refractivity contribution is 0.125. The van der Waals surface area contributed by atoms with Gasteiger partial charge in [0.1, 0.15) is 11.3 Å². The van der Waals surface area contributed by atoms with Crippen LogP contribution in [0.4, 0.5) is 0 Å². The van der Waals surface area contributed by atoms with Gasteiger partial charge in [0.15, 0.2) is 0 Å². The maximum absolute atomic E-state index is 10.1. The smallest absolute Gasteiger partial charge is 0.111 e. The van der Waals surface area contributed by atoms with Crippen LogP contribution in [0.25, 0.3) is 0 Å². The number of nitrogens with zero attached hydrogens (tertiary/aromatic N) is 3. The fourth-order valence-electron chi connectivity index (χ4n) is 4.16. The SMILES string of the molecule is Cc1n[nH]c(C)c1C1(C)N=CN(CC2=CC(O)=CCC2)C1CC(C)O. The van der Waals surface area contributed by atoms with E-state index in [0.29, 0.717) is 18.7 Å². The first-order valence-corrected chi connectivity index (χ1v) is 8.91. The number of aliphatic hydroxyl groups excluding tert-OH is 2. The zero-order chi connectivity index (χ0) is 18.2. The molecule has 0 amide bonds. The van der Waals surface area contributed by atoms with Gasteiger partial charge in [0.25, 0.3) is 0 Å². The maximum Gasteiger partial charge on any atom is 0.111 e. The minimum Gasteiger partial charge on any atom is -0.508 e. The first kappa shape index (κ1) is 17.7. The molecular weight excluding hydrogens is 316 g/mol. The molecule has 1 aliphatic heterocycles. The average Bonchev–Trinajstić information content (AvgIpc) is 3.02. The van der Waals surface area contributed by atoms with Gasteiger partial charge in [-0.1, -0.05) is 0 Å². The second-order valence-corrected chi connectivity index (χ2v) is 7.44. The average molecular weight is 344 g/mol. The van der Waals surface area contributed by atoms with Gasteiger partial charge in [0.05, 0.1) is 24.2 Å². The molecule has 0 spiro atoms. The van der Waals surface area contributed by atoms with E-state index in [1.165, 1.54) is 5.57 Å². The fourth-order valence-corrected chi connectivity index (χ4v) is 4.16. The van der Waals surface area contributed by atoms with Crippen molar-refractivity contribution in [1.82, 2.24) is 15.1 Å². The number of aliphatic imine (C=N–C) groups is 1. The van der Waals surface area contributed by atoms with Gasteiger partial charge in [-0.25, -0.2) is 0 Å². The van der Waals surface area contributed by atoms with Crippen LogP contribution in [-0.2, 0) is 5.54 Å². The Balaban J connectivity index is 1.91. The third kappa shape index (κ3) is 3.35. The molecule has 0 radical (unpaired) electrons. The molecule has 2 aliphatic rings. The Bertz CT molecular complexity index is 712. The molecule has 0 bridgehead atoms. The zero-order valence-corrected chi connectivity index (χ0v) is 15.5. The number of nitrogens with one attached hydrogen (secondary N) is 1. The monoisotopic (exact) mass is 344 g/mol. The number of rotatable bonds is 5. The van der Waals surface area contributed by atoms with Crippen molar-refractivity contribution in [1.29, 1.82) is 0 Å². The van der Waals surface area contributed by atoms with Crippen LogP contribution in [0.1, 0.15) is 50.1 Å². The number of aliphatic hydroxyl groups is 2. The molecule has 0 saturated heterocycles. The summed E-state index contributed by atoms with van der Waals surface area (Å²) in [7, 11) is 0. The standard InChI is InChI=1S/C19H28N4O2/c1-12(24)8-17-19(4,18-13(2)21-22-14(18)3)20-11-23(17)10-15-6-5-7-16(25)9-15/h7,9,11-12,17,24-25H,5-6,8,10H2,1-4H3,(H,21,22). The van der Waals surface area contributed by atoms with Gasteiger partial charge in [0, 0.05) is 17.8 Å².